The van der Waals surface area contributed by atoms with Crippen molar-refractivity contribution in [3.8, 4) is 0 Å². The van der Waals surface area contributed by atoms with Crippen LogP contribution >= 0.6 is 11.6 Å². The monoisotopic (exact) mass is 258 g/mol. The molecule has 4 N–H and O–H groups in total. The second-order valence-electron chi connectivity index (χ2n) is 4.29. The predicted octanol–water partition coefficient (Wildman–Crippen LogP) is 1.70. The van der Waals surface area contributed by atoms with Crippen molar-refractivity contribution in [2.24, 2.45) is 5.92 Å². The van der Waals surface area contributed by atoms with Gasteiger partial charge in [-0.1, -0.05) is 25.4 Å². The molecule has 0 aliphatic heterocycles. The van der Waals surface area contributed by atoms with E-state index in [9.17, 15) is 0 Å². The maximum Gasteiger partial charge on any atom is 0.157 e. The summed E-state index contributed by atoms with van der Waals surface area (Å²) in [5.41, 5.74) is 6.14. The number of anilines is 2. The van der Waals surface area contributed by atoms with Crippen molar-refractivity contribution < 1.29 is 5.11 Å². The van der Waals surface area contributed by atoms with E-state index in [1.165, 1.54) is 0 Å². The third-order valence-electron chi connectivity index (χ3n) is 2.16. The quantitative estimate of drug-likeness (QED) is 0.534. The Hall–Kier alpha value is -1.07. The lowest BCUT2D eigenvalue weighted by atomic mass is 10.1. The van der Waals surface area contributed by atoms with Gasteiger partial charge in [-0.25, -0.2) is 9.97 Å². The van der Waals surface area contributed by atoms with Crippen LogP contribution in [0.2, 0.25) is 5.15 Å². The SMILES string of the molecule is CC(C)Cc1nc(Cl)c(N)c(NCCCO)n1. The molecule has 0 spiro atoms. The van der Waals surface area contributed by atoms with Crippen LogP contribution in [0.25, 0.3) is 0 Å². The Balaban J connectivity index is 2.82. The molecular weight excluding hydrogens is 240 g/mol. The zero-order valence-corrected chi connectivity index (χ0v) is 11.0. The molecule has 0 aromatic carbocycles. The third kappa shape index (κ3) is 4.36. The van der Waals surface area contributed by atoms with E-state index >= 15 is 0 Å². The maximum absolute atomic E-state index is 8.71. The molecule has 1 aromatic heterocycles. The summed E-state index contributed by atoms with van der Waals surface area (Å²) >= 11 is 5.95. The zero-order valence-electron chi connectivity index (χ0n) is 10.2. The summed E-state index contributed by atoms with van der Waals surface area (Å²) < 4.78 is 0. The highest BCUT2D eigenvalue weighted by Crippen LogP contribution is 2.24. The average Bonchev–Trinajstić information content (AvgIpc) is 2.24. The van der Waals surface area contributed by atoms with Gasteiger partial charge in [-0.15, -0.1) is 0 Å². The summed E-state index contributed by atoms with van der Waals surface area (Å²) in [6.45, 7) is 4.92. The Morgan fingerprint density at radius 1 is 1.41 bits per heavy atom. The van der Waals surface area contributed by atoms with E-state index in [-0.39, 0.29) is 11.8 Å². The van der Waals surface area contributed by atoms with Gasteiger partial charge in [0, 0.05) is 19.6 Å². The van der Waals surface area contributed by atoms with Gasteiger partial charge in [-0.3, -0.25) is 0 Å². The molecule has 5 nitrogen and oxygen atoms in total. The first-order valence-corrected chi connectivity index (χ1v) is 6.09. The molecule has 0 fully saturated rings. The largest absolute Gasteiger partial charge is 0.396 e. The number of hydrogen-bond acceptors (Lipinski definition) is 5. The van der Waals surface area contributed by atoms with Crippen molar-refractivity contribution in [1.82, 2.24) is 9.97 Å². The lowest BCUT2D eigenvalue weighted by Crippen LogP contribution is -2.11. The zero-order chi connectivity index (χ0) is 12.8. The van der Waals surface area contributed by atoms with Crippen molar-refractivity contribution in [2.75, 3.05) is 24.2 Å². The summed E-state index contributed by atoms with van der Waals surface area (Å²) in [5, 5.41) is 12.0. The maximum atomic E-state index is 8.71. The van der Waals surface area contributed by atoms with Crippen LogP contribution in [0.4, 0.5) is 11.5 Å². The van der Waals surface area contributed by atoms with Crippen LogP contribution in [0, 0.1) is 5.92 Å². The van der Waals surface area contributed by atoms with Gasteiger partial charge in [0.15, 0.2) is 11.0 Å². The van der Waals surface area contributed by atoms with Crippen molar-refractivity contribution in [2.45, 2.75) is 26.7 Å². The number of nitrogens with zero attached hydrogens (tertiary/aromatic N) is 2. The number of nitrogen functional groups attached to an aromatic ring is 1. The van der Waals surface area contributed by atoms with E-state index in [0.29, 0.717) is 36.2 Å². The van der Waals surface area contributed by atoms with Gasteiger partial charge in [0.25, 0.3) is 0 Å². The smallest absolute Gasteiger partial charge is 0.157 e. The van der Waals surface area contributed by atoms with Gasteiger partial charge in [-0.05, 0) is 12.3 Å². The molecule has 1 heterocycles. The number of nitrogens with one attached hydrogen (secondary N) is 1. The predicted molar refractivity (Wildman–Crippen MR) is 70.2 cm³/mol. The Labute approximate surface area is 106 Å². The Morgan fingerprint density at radius 2 is 2.12 bits per heavy atom. The Morgan fingerprint density at radius 3 is 2.71 bits per heavy atom. The second-order valence-corrected chi connectivity index (χ2v) is 4.65. The number of nitrogens with two attached hydrogens (primary N) is 1. The normalized spacial score (nSPS) is 10.9. The number of aliphatic hydroxyl groups is 1. The van der Waals surface area contributed by atoms with E-state index in [1.54, 1.807) is 0 Å². The van der Waals surface area contributed by atoms with Gasteiger partial charge < -0.3 is 16.2 Å². The molecule has 17 heavy (non-hydrogen) atoms. The van der Waals surface area contributed by atoms with E-state index in [1.807, 2.05) is 0 Å². The van der Waals surface area contributed by atoms with Crippen LogP contribution in [0.3, 0.4) is 0 Å². The van der Waals surface area contributed by atoms with E-state index < -0.39 is 0 Å². The summed E-state index contributed by atoms with van der Waals surface area (Å²) in [5.74, 6) is 1.69. The highest BCUT2D eigenvalue weighted by Gasteiger charge is 2.10. The molecule has 0 aliphatic carbocycles. The van der Waals surface area contributed by atoms with E-state index in [2.05, 4.69) is 29.1 Å². The minimum Gasteiger partial charge on any atom is -0.396 e. The first-order chi connectivity index (χ1) is 8.04. The number of aliphatic hydroxyl groups excluding tert-OH is 1. The van der Waals surface area contributed by atoms with E-state index in [4.69, 9.17) is 22.4 Å². The summed E-state index contributed by atoms with van der Waals surface area (Å²) in [6.07, 6.45) is 1.40. The van der Waals surface area contributed by atoms with Crippen molar-refractivity contribution in [1.29, 1.82) is 0 Å². The molecule has 0 atom stereocenters. The second kappa shape index (κ2) is 6.61. The van der Waals surface area contributed by atoms with Crippen molar-refractivity contribution >= 4 is 23.1 Å². The molecule has 6 heteroatoms. The summed E-state index contributed by atoms with van der Waals surface area (Å²) in [7, 11) is 0. The van der Waals surface area contributed by atoms with Gasteiger partial charge in [0.1, 0.15) is 11.5 Å². The molecule has 0 radical (unpaired) electrons. The minimum absolute atomic E-state index is 0.130. The molecule has 0 amide bonds. The average molecular weight is 259 g/mol. The molecule has 0 bridgehead atoms. The molecule has 1 aromatic rings. The van der Waals surface area contributed by atoms with Gasteiger partial charge in [0.05, 0.1) is 0 Å². The highest BCUT2D eigenvalue weighted by atomic mass is 35.5. The van der Waals surface area contributed by atoms with Crippen LogP contribution in [0.1, 0.15) is 26.1 Å². The number of rotatable bonds is 6. The number of aromatic nitrogens is 2. The topological polar surface area (TPSA) is 84.1 Å². The minimum atomic E-state index is 0.130. The van der Waals surface area contributed by atoms with Crippen LogP contribution in [0.15, 0.2) is 0 Å². The van der Waals surface area contributed by atoms with Crippen LogP contribution in [-0.2, 0) is 6.42 Å². The van der Waals surface area contributed by atoms with Gasteiger partial charge in [0.2, 0.25) is 0 Å². The fourth-order valence-corrected chi connectivity index (χ4v) is 1.55. The third-order valence-corrected chi connectivity index (χ3v) is 2.45. The molecule has 0 saturated heterocycles. The van der Waals surface area contributed by atoms with Crippen molar-refractivity contribution in [3.05, 3.63) is 11.0 Å². The standard InChI is InChI=1S/C11H19ClN4O/c1-7(2)6-8-15-10(12)9(13)11(16-8)14-4-3-5-17/h7,17H,3-6,13H2,1-2H3,(H,14,15,16). The van der Waals surface area contributed by atoms with Crippen LogP contribution < -0.4 is 11.1 Å². The molecule has 1 rings (SSSR count). The van der Waals surface area contributed by atoms with Gasteiger partial charge in [-0.2, -0.15) is 0 Å². The molecule has 0 saturated carbocycles. The van der Waals surface area contributed by atoms with Crippen molar-refractivity contribution in [3.63, 3.8) is 0 Å². The summed E-state index contributed by atoms with van der Waals surface area (Å²) in [6, 6.07) is 0. The van der Waals surface area contributed by atoms with Crippen LogP contribution in [-0.4, -0.2) is 28.2 Å². The number of halogens is 1. The van der Waals surface area contributed by atoms with Gasteiger partial charge >= 0.3 is 0 Å². The molecule has 0 unspecified atom stereocenters. The van der Waals surface area contributed by atoms with Crippen LogP contribution in [0.5, 0.6) is 0 Å². The summed E-state index contributed by atoms with van der Waals surface area (Å²) in [4.78, 5) is 8.47. The molecular formula is C11H19ClN4O. The number of hydrogen-bond donors (Lipinski definition) is 3. The first-order valence-electron chi connectivity index (χ1n) is 5.71. The molecule has 0 aliphatic rings. The lowest BCUT2D eigenvalue weighted by molar-refractivity contribution is 0.292. The Bertz CT molecular complexity index is 371. The Kier molecular flexibility index (Phi) is 5.44. The fourth-order valence-electron chi connectivity index (χ4n) is 1.36. The first kappa shape index (κ1) is 14.0. The lowest BCUT2D eigenvalue weighted by Gasteiger charge is -2.11. The van der Waals surface area contributed by atoms with E-state index in [0.717, 1.165) is 6.42 Å². The molecule has 96 valence electrons. The highest BCUT2D eigenvalue weighted by molar-refractivity contribution is 6.32. The fraction of sp³-hybridized carbons (Fsp3) is 0.636.